The first-order valence-corrected chi connectivity index (χ1v) is 6.98. The lowest BCUT2D eigenvalue weighted by Crippen LogP contribution is -2.16. The minimum atomic E-state index is 0.0826. The summed E-state index contributed by atoms with van der Waals surface area (Å²) in [5, 5.41) is 0. The number of benzene rings is 1. The normalized spacial score (nSPS) is 15.4. The number of likely N-dealkylation sites (N-methyl/N-ethyl adjacent to an activating group) is 1. The Balaban J connectivity index is 1.96. The van der Waals surface area contributed by atoms with Crippen LogP contribution in [0.15, 0.2) is 53.5 Å². The van der Waals surface area contributed by atoms with Crippen LogP contribution in [0.5, 0.6) is 0 Å². The molecule has 0 N–H and O–H groups in total. The quantitative estimate of drug-likeness (QED) is 0.754. The molecular formula is C17H22FN. The highest BCUT2D eigenvalue weighted by atomic mass is 19.1. The largest absolute Gasteiger partial charge is 0.378 e. The van der Waals surface area contributed by atoms with Crippen LogP contribution in [0.4, 0.5) is 4.39 Å². The van der Waals surface area contributed by atoms with Crippen LogP contribution in [0.1, 0.15) is 31.2 Å². The van der Waals surface area contributed by atoms with Gasteiger partial charge in [0, 0.05) is 31.8 Å². The molecule has 1 aromatic rings. The Labute approximate surface area is 115 Å². The molecule has 102 valence electrons. The average molecular weight is 259 g/mol. The van der Waals surface area contributed by atoms with Gasteiger partial charge >= 0.3 is 0 Å². The molecular weight excluding hydrogens is 237 g/mol. The van der Waals surface area contributed by atoms with Gasteiger partial charge < -0.3 is 4.90 Å². The van der Waals surface area contributed by atoms with Gasteiger partial charge in [0.1, 0.15) is 5.83 Å². The van der Waals surface area contributed by atoms with Gasteiger partial charge in [0.2, 0.25) is 0 Å². The first-order chi connectivity index (χ1) is 9.18. The van der Waals surface area contributed by atoms with Crippen LogP contribution in [0, 0.1) is 0 Å². The molecule has 0 amide bonds. The van der Waals surface area contributed by atoms with Crippen molar-refractivity contribution in [3.05, 3.63) is 59.1 Å². The van der Waals surface area contributed by atoms with Crippen LogP contribution in [0.25, 0.3) is 0 Å². The van der Waals surface area contributed by atoms with Crippen LogP contribution in [-0.4, -0.2) is 19.0 Å². The molecule has 0 unspecified atom stereocenters. The Hall–Kier alpha value is -1.57. The maximum absolute atomic E-state index is 14.0. The van der Waals surface area contributed by atoms with Gasteiger partial charge in [-0.3, -0.25) is 0 Å². The number of allylic oxidation sites excluding steroid dienone is 3. The molecule has 0 bridgehead atoms. The van der Waals surface area contributed by atoms with E-state index in [0.717, 1.165) is 37.0 Å². The van der Waals surface area contributed by atoms with Crippen molar-refractivity contribution in [2.45, 2.75) is 32.1 Å². The van der Waals surface area contributed by atoms with Crippen molar-refractivity contribution >= 4 is 0 Å². The second-order valence-corrected chi connectivity index (χ2v) is 5.25. The zero-order valence-corrected chi connectivity index (χ0v) is 11.8. The minimum absolute atomic E-state index is 0.0826. The number of hydrogen-bond donors (Lipinski definition) is 0. The van der Waals surface area contributed by atoms with Gasteiger partial charge in [-0.2, -0.15) is 0 Å². The molecule has 1 aliphatic rings. The third-order valence-electron chi connectivity index (χ3n) is 3.56. The van der Waals surface area contributed by atoms with E-state index < -0.39 is 0 Å². The maximum Gasteiger partial charge on any atom is 0.105 e. The standard InChI is InChI=1S/C17H22FN/c1-19(2)17-13-7-12-16(18)15(17)11-6-10-14-8-4-3-5-9-14/h3-5,8-9,13H,6-7,10-12H2,1-2H3. The van der Waals surface area contributed by atoms with E-state index in [0.29, 0.717) is 6.42 Å². The van der Waals surface area contributed by atoms with Crippen LogP contribution in [-0.2, 0) is 6.42 Å². The van der Waals surface area contributed by atoms with Crippen molar-refractivity contribution in [1.29, 1.82) is 0 Å². The van der Waals surface area contributed by atoms with E-state index in [4.69, 9.17) is 0 Å². The lowest BCUT2D eigenvalue weighted by atomic mass is 9.95. The molecule has 0 aliphatic heterocycles. The van der Waals surface area contributed by atoms with Crippen LogP contribution < -0.4 is 0 Å². The summed E-state index contributed by atoms with van der Waals surface area (Å²) in [4.78, 5) is 2.02. The summed E-state index contributed by atoms with van der Waals surface area (Å²) >= 11 is 0. The van der Waals surface area contributed by atoms with Crippen LogP contribution >= 0.6 is 0 Å². The first-order valence-electron chi connectivity index (χ1n) is 6.98. The molecule has 0 fully saturated rings. The lowest BCUT2D eigenvalue weighted by Gasteiger charge is -2.24. The SMILES string of the molecule is CN(C)C1=CCCC(F)=C1CCCc1ccccc1. The van der Waals surface area contributed by atoms with Gasteiger partial charge in [-0.05, 0) is 31.2 Å². The van der Waals surface area contributed by atoms with Crippen molar-refractivity contribution in [2.75, 3.05) is 14.1 Å². The Bertz CT molecular complexity index is 471. The summed E-state index contributed by atoms with van der Waals surface area (Å²) in [6, 6.07) is 10.4. The fraction of sp³-hybridized carbons (Fsp3) is 0.412. The van der Waals surface area contributed by atoms with Gasteiger partial charge in [-0.25, -0.2) is 4.39 Å². The van der Waals surface area contributed by atoms with E-state index >= 15 is 0 Å². The highest BCUT2D eigenvalue weighted by Gasteiger charge is 2.17. The molecule has 0 saturated heterocycles. The van der Waals surface area contributed by atoms with Crippen molar-refractivity contribution in [3.63, 3.8) is 0 Å². The van der Waals surface area contributed by atoms with Crippen LogP contribution in [0.3, 0.4) is 0 Å². The van der Waals surface area contributed by atoms with E-state index in [1.165, 1.54) is 5.56 Å². The second-order valence-electron chi connectivity index (χ2n) is 5.25. The van der Waals surface area contributed by atoms with Gasteiger partial charge in [-0.15, -0.1) is 0 Å². The number of nitrogens with zero attached hydrogens (tertiary/aromatic N) is 1. The van der Waals surface area contributed by atoms with E-state index in [1.54, 1.807) is 0 Å². The second kappa shape index (κ2) is 6.55. The van der Waals surface area contributed by atoms with Gasteiger partial charge in [0.05, 0.1) is 0 Å². The number of halogens is 1. The number of hydrogen-bond acceptors (Lipinski definition) is 1. The molecule has 0 aromatic heterocycles. The molecule has 1 aromatic carbocycles. The zero-order chi connectivity index (χ0) is 13.7. The van der Waals surface area contributed by atoms with Crippen molar-refractivity contribution < 1.29 is 4.39 Å². The molecule has 1 aliphatic carbocycles. The Morgan fingerprint density at radius 1 is 1.11 bits per heavy atom. The van der Waals surface area contributed by atoms with E-state index in [1.807, 2.05) is 25.1 Å². The van der Waals surface area contributed by atoms with Gasteiger partial charge in [0.25, 0.3) is 0 Å². The first kappa shape index (κ1) is 13.9. The Kier molecular flexibility index (Phi) is 4.78. The predicted molar refractivity (Wildman–Crippen MR) is 78.5 cm³/mol. The molecule has 0 radical (unpaired) electrons. The van der Waals surface area contributed by atoms with E-state index in [2.05, 4.69) is 30.3 Å². The summed E-state index contributed by atoms with van der Waals surface area (Å²) in [6.07, 6.45) is 6.38. The van der Waals surface area contributed by atoms with Crippen molar-refractivity contribution in [2.24, 2.45) is 0 Å². The summed E-state index contributed by atoms with van der Waals surface area (Å²) < 4.78 is 14.0. The summed E-state index contributed by atoms with van der Waals surface area (Å²) in [7, 11) is 3.98. The highest BCUT2D eigenvalue weighted by molar-refractivity contribution is 5.35. The van der Waals surface area contributed by atoms with E-state index in [9.17, 15) is 4.39 Å². The summed E-state index contributed by atoms with van der Waals surface area (Å²) in [5.41, 5.74) is 3.30. The molecule has 0 heterocycles. The third kappa shape index (κ3) is 3.69. The fourth-order valence-electron chi connectivity index (χ4n) is 2.58. The van der Waals surface area contributed by atoms with Crippen LogP contribution in [0.2, 0.25) is 0 Å². The molecule has 19 heavy (non-hydrogen) atoms. The Morgan fingerprint density at radius 3 is 2.53 bits per heavy atom. The maximum atomic E-state index is 14.0. The van der Waals surface area contributed by atoms with E-state index in [-0.39, 0.29) is 5.83 Å². The monoisotopic (exact) mass is 259 g/mol. The smallest absolute Gasteiger partial charge is 0.105 e. The minimum Gasteiger partial charge on any atom is -0.378 e. The topological polar surface area (TPSA) is 3.24 Å². The van der Waals surface area contributed by atoms with Crippen molar-refractivity contribution in [1.82, 2.24) is 4.90 Å². The van der Waals surface area contributed by atoms with Gasteiger partial charge in [-0.1, -0.05) is 36.4 Å². The molecule has 0 saturated carbocycles. The van der Waals surface area contributed by atoms with Gasteiger partial charge in [0.15, 0.2) is 0 Å². The summed E-state index contributed by atoms with van der Waals surface area (Å²) in [5.74, 6) is 0.0826. The number of rotatable bonds is 5. The zero-order valence-electron chi connectivity index (χ0n) is 11.8. The van der Waals surface area contributed by atoms with Crippen molar-refractivity contribution in [3.8, 4) is 0 Å². The highest BCUT2D eigenvalue weighted by Crippen LogP contribution is 2.30. The molecule has 2 heteroatoms. The third-order valence-corrected chi connectivity index (χ3v) is 3.56. The fourth-order valence-corrected chi connectivity index (χ4v) is 2.58. The molecule has 0 spiro atoms. The molecule has 0 atom stereocenters. The predicted octanol–water partition coefficient (Wildman–Crippen LogP) is 4.47. The Morgan fingerprint density at radius 2 is 1.84 bits per heavy atom. The summed E-state index contributed by atoms with van der Waals surface area (Å²) in [6.45, 7) is 0. The lowest BCUT2D eigenvalue weighted by molar-refractivity contribution is 0.479. The average Bonchev–Trinajstić information content (AvgIpc) is 2.41. The molecule has 2 rings (SSSR count). The molecule has 1 nitrogen and oxygen atoms in total. The number of aryl methyl sites for hydroxylation is 1.